The molecular weight excluding hydrogens is 267 g/mol. The fourth-order valence-corrected chi connectivity index (χ4v) is 3.98. The Hall–Kier alpha value is -0.240. The lowest BCUT2D eigenvalue weighted by Gasteiger charge is -2.11. The monoisotopic (exact) mass is 284 g/mol. The van der Waals surface area contributed by atoms with Crippen molar-refractivity contribution in [1.82, 2.24) is 0 Å². The summed E-state index contributed by atoms with van der Waals surface area (Å²) in [4.78, 5) is 0. The molecule has 0 radical (unpaired) electrons. The Bertz CT molecular complexity index is 434. The molecule has 98 valence electrons. The van der Waals surface area contributed by atoms with E-state index in [0.717, 1.165) is 17.4 Å². The van der Waals surface area contributed by atoms with Gasteiger partial charge in [0.05, 0.1) is 16.1 Å². The summed E-state index contributed by atoms with van der Waals surface area (Å²) in [5.74, 6) is 2.11. The molecule has 0 bridgehead atoms. The second kappa shape index (κ2) is 5.03. The summed E-state index contributed by atoms with van der Waals surface area (Å²) < 4.78 is 0. The van der Waals surface area contributed by atoms with Crippen LogP contribution in [0.4, 0.5) is 0 Å². The molecule has 3 rings (SSSR count). The van der Waals surface area contributed by atoms with Gasteiger partial charge in [-0.1, -0.05) is 42.1 Å². The van der Waals surface area contributed by atoms with E-state index in [-0.39, 0.29) is 6.10 Å². The zero-order valence-corrected chi connectivity index (χ0v) is 11.8. The van der Waals surface area contributed by atoms with Crippen molar-refractivity contribution < 1.29 is 5.11 Å². The third kappa shape index (κ3) is 2.41. The van der Waals surface area contributed by atoms with Crippen LogP contribution in [0.3, 0.4) is 0 Å². The zero-order valence-electron chi connectivity index (χ0n) is 10.3. The van der Waals surface area contributed by atoms with Crippen LogP contribution in [0.5, 0.6) is 0 Å². The van der Waals surface area contributed by atoms with Gasteiger partial charge in [0, 0.05) is 0 Å². The Balaban J connectivity index is 1.64. The van der Waals surface area contributed by atoms with Crippen molar-refractivity contribution in [3.05, 3.63) is 33.8 Å². The Morgan fingerprint density at radius 3 is 2.39 bits per heavy atom. The molecule has 0 aliphatic heterocycles. The van der Waals surface area contributed by atoms with Crippen molar-refractivity contribution in [2.45, 2.75) is 38.2 Å². The smallest absolute Gasteiger partial charge is 0.0614 e. The van der Waals surface area contributed by atoms with E-state index in [1.54, 1.807) is 0 Å². The Morgan fingerprint density at radius 2 is 1.78 bits per heavy atom. The molecule has 1 nitrogen and oxygen atoms in total. The van der Waals surface area contributed by atoms with Gasteiger partial charge in [0.2, 0.25) is 0 Å². The van der Waals surface area contributed by atoms with Crippen LogP contribution in [0.25, 0.3) is 0 Å². The SMILES string of the molecule is OC(Cc1ccc(Cl)c(Cl)c1)C1C2CCCCC21. The summed E-state index contributed by atoms with van der Waals surface area (Å²) in [6.07, 6.45) is 5.81. The fraction of sp³-hybridized carbons (Fsp3) is 0.600. The van der Waals surface area contributed by atoms with E-state index in [4.69, 9.17) is 23.2 Å². The highest BCUT2D eigenvalue weighted by Gasteiger charge is 2.53. The van der Waals surface area contributed by atoms with Gasteiger partial charge in [0.25, 0.3) is 0 Å². The molecule has 2 fully saturated rings. The summed E-state index contributed by atoms with van der Waals surface area (Å²) in [5, 5.41) is 11.5. The third-order valence-corrected chi connectivity index (χ3v) is 5.33. The Morgan fingerprint density at radius 1 is 1.11 bits per heavy atom. The summed E-state index contributed by atoms with van der Waals surface area (Å²) in [7, 11) is 0. The predicted molar refractivity (Wildman–Crippen MR) is 75.1 cm³/mol. The highest BCUT2D eigenvalue weighted by atomic mass is 35.5. The molecule has 1 aromatic rings. The van der Waals surface area contributed by atoms with Gasteiger partial charge in [0.15, 0.2) is 0 Å². The Kier molecular flexibility index (Phi) is 3.57. The number of benzene rings is 1. The van der Waals surface area contributed by atoms with Gasteiger partial charge in [-0.05, 0) is 54.7 Å². The van der Waals surface area contributed by atoms with Crippen molar-refractivity contribution in [2.75, 3.05) is 0 Å². The molecule has 0 spiro atoms. The molecular formula is C15H18Cl2O. The van der Waals surface area contributed by atoms with Crippen LogP contribution in [0.1, 0.15) is 31.2 Å². The van der Waals surface area contributed by atoms with E-state index in [1.165, 1.54) is 25.7 Å². The average molecular weight is 285 g/mol. The number of aliphatic hydroxyl groups is 1. The maximum atomic E-state index is 10.4. The first kappa shape index (κ1) is 12.8. The summed E-state index contributed by atoms with van der Waals surface area (Å²) in [6, 6.07) is 5.65. The fourth-order valence-electron chi connectivity index (χ4n) is 3.66. The number of halogens is 2. The van der Waals surface area contributed by atoms with Gasteiger partial charge >= 0.3 is 0 Å². The summed E-state index contributed by atoms with van der Waals surface area (Å²) in [6.45, 7) is 0. The number of hydrogen-bond donors (Lipinski definition) is 1. The largest absolute Gasteiger partial charge is 0.392 e. The van der Waals surface area contributed by atoms with Crippen LogP contribution in [0.2, 0.25) is 10.0 Å². The molecule has 2 aliphatic rings. The molecule has 0 saturated heterocycles. The third-order valence-electron chi connectivity index (χ3n) is 4.60. The molecule has 3 atom stereocenters. The lowest BCUT2D eigenvalue weighted by molar-refractivity contribution is 0.140. The Labute approximate surface area is 118 Å². The van der Waals surface area contributed by atoms with Gasteiger partial charge in [-0.25, -0.2) is 0 Å². The highest BCUT2D eigenvalue weighted by Crippen LogP contribution is 2.57. The van der Waals surface area contributed by atoms with E-state index in [0.29, 0.717) is 22.4 Å². The number of fused-ring (bicyclic) bond motifs is 1. The first-order valence-electron chi connectivity index (χ1n) is 6.79. The van der Waals surface area contributed by atoms with Crippen LogP contribution >= 0.6 is 23.2 Å². The maximum Gasteiger partial charge on any atom is 0.0614 e. The number of hydrogen-bond acceptors (Lipinski definition) is 1. The van der Waals surface area contributed by atoms with Gasteiger partial charge in [0.1, 0.15) is 0 Å². The molecule has 2 saturated carbocycles. The van der Waals surface area contributed by atoms with E-state index in [9.17, 15) is 5.11 Å². The molecule has 0 aromatic heterocycles. The second-order valence-corrected chi connectivity index (χ2v) is 6.52. The van der Waals surface area contributed by atoms with Crippen molar-refractivity contribution in [3.63, 3.8) is 0 Å². The normalized spacial score (nSPS) is 31.8. The maximum absolute atomic E-state index is 10.4. The van der Waals surface area contributed by atoms with Crippen molar-refractivity contribution in [2.24, 2.45) is 17.8 Å². The molecule has 18 heavy (non-hydrogen) atoms. The quantitative estimate of drug-likeness (QED) is 0.876. The minimum Gasteiger partial charge on any atom is -0.392 e. The van der Waals surface area contributed by atoms with E-state index >= 15 is 0 Å². The van der Waals surface area contributed by atoms with Gasteiger partial charge in [-0.15, -0.1) is 0 Å². The molecule has 1 N–H and O–H groups in total. The summed E-state index contributed by atoms with van der Waals surface area (Å²) in [5.41, 5.74) is 1.08. The first-order chi connectivity index (χ1) is 8.66. The topological polar surface area (TPSA) is 20.2 Å². The first-order valence-corrected chi connectivity index (χ1v) is 7.54. The zero-order chi connectivity index (χ0) is 12.7. The van der Waals surface area contributed by atoms with Crippen LogP contribution in [-0.4, -0.2) is 11.2 Å². The highest BCUT2D eigenvalue weighted by molar-refractivity contribution is 6.42. The van der Waals surface area contributed by atoms with Crippen LogP contribution in [0.15, 0.2) is 18.2 Å². The summed E-state index contributed by atoms with van der Waals surface area (Å²) >= 11 is 11.9. The van der Waals surface area contributed by atoms with Crippen LogP contribution in [-0.2, 0) is 6.42 Å². The number of rotatable bonds is 3. The van der Waals surface area contributed by atoms with Gasteiger partial charge in [-0.2, -0.15) is 0 Å². The lowest BCUT2D eigenvalue weighted by atomic mass is 10.0. The van der Waals surface area contributed by atoms with Crippen molar-refractivity contribution in [1.29, 1.82) is 0 Å². The number of aliphatic hydroxyl groups excluding tert-OH is 1. The van der Waals surface area contributed by atoms with E-state index < -0.39 is 0 Å². The van der Waals surface area contributed by atoms with Gasteiger partial charge < -0.3 is 5.11 Å². The standard InChI is InChI=1S/C15H18Cl2O/c16-12-6-5-9(7-13(12)17)8-14(18)15-10-3-1-2-4-11(10)15/h5-7,10-11,14-15,18H,1-4,8H2. The molecule has 0 heterocycles. The van der Waals surface area contributed by atoms with Crippen molar-refractivity contribution >= 4 is 23.2 Å². The second-order valence-electron chi connectivity index (χ2n) is 5.71. The van der Waals surface area contributed by atoms with Crippen LogP contribution in [0, 0.1) is 17.8 Å². The predicted octanol–water partition coefficient (Wildman–Crippen LogP) is 4.33. The molecule has 0 amide bonds. The molecule has 2 aliphatic carbocycles. The minimum atomic E-state index is -0.213. The van der Waals surface area contributed by atoms with Crippen LogP contribution < -0.4 is 0 Å². The average Bonchev–Trinajstić information content (AvgIpc) is 3.08. The van der Waals surface area contributed by atoms with E-state index in [2.05, 4.69) is 0 Å². The van der Waals surface area contributed by atoms with Crippen molar-refractivity contribution in [3.8, 4) is 0 Å². The van der Waals surface area contributed by atoms with Gasteiger partial charge in [-0.3, -0.25) is 0 Å². The molecule has 3 unspecified atom stereocenters. The molecule has 1 aromatic carbocycles. The van der Waals surface area contributed by atoms with E-state index in [1.807, 2.05) is 18.2 Å². The minimum absolute atomic E-state index is 0.213. The molecule has 3 heteroatoms. The lowest BCUT2D eigenvalue weighted by Crippen LogP contribution is -2.15.